The Balaban J connectivity index is 2.00. The molecule has 0 aliphatic carbocycles. The van der Waals surface area contributed by atoms with E-state index in [0.717, 1.165) is 32.3 Å². The Labute approximate surface area is 174 Å². The van der Waals surface area contributed by atoms with Gasteiger partial charge in [0.25, 0.3) is 0 Å². The molecule has 0 N–H and O–H groups in total. The molecule has 5 heteroatoms. The number of carbonyl (C=O) groups is 1. The summed E-state index contributed by atoms with van der Waals surface area (Å²) in [5.74, 6) is 0.598. The van der Waals surface area contributed by atoms with E-state index in [1.165, 1.54) is 0 Å². The second-order valence-corrected chi connectivity index (χ2v) is 7.65. The van der Waals surface area contributed by atoms with Crippen LogP contribution in [0.5, 0.6) is 5.88 Å². The van der Waals surface area contributed by atoms with Crippen molar-refractivity contribution in [3.63, 3.8) is 0 Å². The van der Waals surface area contributed by atoms with E-state index >= 15 is 0 Å². The van der Waals surface area contributed by atoms with Gasteiger partial charge in [0.15, 0.2) is 0 Å². The largest absolute Gasteiger partial charge is 0.481 e. The van der Waals surface area contributed by atoms with Gasteiger partial charge in [0.1, 0.15) is 0 Å². The van der Waals surface area contributed by atoms with Crippen molar-refractivity contribution in [1.29, 1.82) is 0 Å². The number of ether oxygens (including phenoxy) is 1. The highest BCUT2D eigenvalue weighted by atomic mass is 79.9. The van der Waals surface area contributed by atoms with Crippen LogP contribution in [0.3, 0.4) is 0 Å². The van der Waals surface area contributed by atoms with Gasteiger partial charge in [-0.3, -0.25) is 4.79 Å². The van der Waals surface area contributed by atoms with Crippen molar-refractivity contribution in [3.05, 3.63) is 82.0 Å². The van der Waals surface area contributed by atoms with Crippen LogP contribution in [0.2, 0.25) is 0 Å². The van der Waals surface area contributed by atoms with Gasteiger partial charge in [0.05, 0.1) is 7.11 Å². The van der Waals surface area contributed by atoms with E-state index in [2.05, 4.69) is 46.0 Å². The normalized spacial score (nSPS) is 10.6. The topological polar surface area (TPSA) is 42.4 Å². The highest BCUT2D eigenvalue weighted by Crippen LogP contribution is 2.34. The first-order valence-corrected chi connectivity index (χ1v) is 9.86. The Bertz CT molecular complexity index is 974. The number of benzene rings is 2. The van der Waals surface area contributed by atoms with Gasteiger partial charge in [-0.1, -0.05) is 54.1 Å². The second kappa shape index (κ2) is 9.02. The molecular weight excluding hydrogens is 416 g/mol. The van der Waals surface area contributed by atoms with Crippen LogP contribution in [0.15, 0.2) is 65.3 Å². The van der Waals surface area contributed by atoms with Crippen LogP contribution >= 0.6 is 15.9 Å². The Kier molecular flexibility index (Phi) is 6.47. The van der Waals surface area contributed by atoms with Crippen LogP contribution in [0.25, 0.3) is 11.1 Å². The van der Waals surface area contributed by atoms with Crippen molar-refractivity contribution in [1.82, 2.24) is 9.88 Å². The van der Waals surface area contributed by atoms with E-state index in [1.807, 2.05) is 41.3 Å². The fourth-order valence-electron chi connectivity index (χ4n) is 3.19. The molecule has 0 spiro atoms. The van der Waals surface area contributed by atoms with Gasteiger partial charge < -0.3 is 9.64 Å². The van der Waals surface area contributed by atoms with Crippen LogP contribution in [0.1, 0.15) is 23.6 Å². The Morgan fingerprint density at radius 3 is 2.50 bits per heavy atom. The molecule has 144 valence electrons. The molecule has 0 saturated heterocycles. The Morgan fingerprint density at radius 1 is 1.07 bits per heavy atom. The molecule has 4 nitrogen and oxygen atoms in total. The third-order valence-electron chi connectivity index (χ3n) is 4.58. The van der Waals surface area contributed by atoms with Gasteiger partial charge in [-0.2, -0.15) is 0 Å². The lowest BCUT2D eigenvalue weighted by atomic mass is 9.98. The van der Waals surface area contributed by atoms with Gasteiger partial charge in [0.2, 0.25) is 11.8 Å². The Hall–Kier alpha value is -2.66. The molecule has 0 aliphatic rings. The molecule has 0 saturated carbocycles. The molecule has 0 fully saturated rings. The lowest BCUT2D eigenvalue weighted by Gasteiger charge is -2.23. The third-order valence-corrected chi connectivity index (χ3v) is 5.02. The predicted octanol–water partition coefficient (Wildman–Crippen LogP) is 5.38. The zero-order valence-electron chi connectivity index (χ0n) is 16.3. The molecule has 3 aromatic rings. The number of methoxy groups -OCH3 is 1. The zero-order chi connectivity index (χ0) is 20.1. The summed E-state index contributed by atoms with van der Waals surface area (Å²) in [6, 6.07) is 18.3. The van der Waals surface area contributed by atoms with E-state index in [-0.39, 0.29) is 5.91 Å². The monoisotopic (exact) mass is 438 g/mol. The van der Waals surface area contributed by atoms with Gasteiger partial charge in [0, 0.05) is 36.2 Å². The zero-order valence-corrected chi connectivity index (χ0v) is 17.9. The van der Waals surface area contributed by atoms with Crippen molar-refractivity contribution < 1.29 is 9.53 Å². The lowest BCUT2D eigenvalue weighted by Crippen LogP contribution is -2.28. The minimum atomic E-state index is 0.0376. The van der Waals surface area contributed by atoms with Crippen molar-refractivity contribution >= 4 is 21.8 Å². The second-order valence-electron chi connectivity index (χ2n) is 6.73. The first kappa shape index (κ1) is 20.1. The van der Waals surface area contributed by atoms with E-state index < -0.39 is 0 Å². The summed E-state index contributed by atoms with van der Waals surface area (Å²) in [6.45, 7) is 4.74. The average molecular weight is 439 g/mol. The predicted molar refractivity (Wildman–Crippen MR) is 115 cm³/mol. The van der Waals surface area contributed by atoms with E-state index in [1.54, 1.807) is 20.2 Å². The van der Waals surface area contributed by atoms with Crippen LogP contribution in [-0.2, 0) is 17.9 Å². The lowest BCUT2D eigenvalue weighted by molar-refractivity contribution is -0.130. The molecule has 1 aromatic heterocycles. The van der Waals surface area contributed by atoms with Crippen LogP contribution in [-0.4, -0.2) is 22.9 Å². The van der Waals surface area contributed by atoms with Crippen molar-refractivity contribution in [2.45, 2.75) is 26.9 Å². The van der Waals surface area contributed by atoms with Gasteiger partial charge >= 0.3 is 0 Å². The number of carbonyl (C=O) groups excluding carboxylic acids is 1. The fraction of sp³-hybridized carbons (Fsp3) is 0.217. The minimum Gasteiger partial charge on any atom is -0.481 e. The molecule has 1 heterocycles. The summed E-state index contributed by atoms with van der Waals surface area (Å²) in [5, 5.41) is 0. The maximum Gasteiger partial charge on any atom is 0.221 e. The maximum atomic E-state index is 12.3. The molecule has 1 amide bonds. The van der Waals surface area contributed by atoms with Crippen LogP contribution < -0.4 is 4.74 Å². The molecular formula is C23H23BrN2O2. The van der Waals surface area contributed by atoms with E-state index in [4.69, 9.17) is 4.74 Å². The number of aromatic nitrogens is 1. The molecule has 0 aliphatic heterocycles. The number of halogens is 1. The summed E-state index contributed by atoms with van der Waals surface area (Å²) >= 11 is 3.50. The molecule has 0 atom stereocenters. The number of hydrogen-bond acceptors (Lipinski definition) is 3. The molecule has 2 aromatic carbocycles. The number of amides is 1. The average Bonchev–Trinajstić information content (AvgIpc) is 2.68. The maximum absolute atomic E-state index is 12.3. The highest BCUT2D eigenvalue weighted by Gasteiger charge is 2.17. The first-order valence-electron chi connectivity index (χ1n) is 9.07. The minimum absolute atomic E-state index is 0.0376. The standard InChI is InChI=1S/C23H23BrN2O2/c1-16-9-10-21(22-12-20(24)13-25-23(22)28-3)19(11-16)15-26(17(2)27)14-18-7-5-4-6-8-18/h4-13H,14-15H2,1-3H3. The summed E-state index contributed by atoms with van der Waals surface area (Å²) in [7, 11) is 1.62. The fourth-order valence-corrected chi connectivity index (χ4v) is 3.52. The Morgan fingerprint density at radius 2 is 1.82 bits per heavy atom. The van der Waals surface area contributed by atoms with Gasteiger partial charge in [-0.15, -0.1) is 0 Å². The number of nitrogens with zero attached hydrogens (tertiary/aromatic N) is 2. The molecule has 28 heavy (non-hydrogen) atoms. The van der Waals surface area contributed by atoms with Crippen molar-refractivity contribution in [3.8, 4) is 17.0 Å². The molecule has 0 bridgehead atoms. The number of rotatable bonds is 6. The van der Waals surface area contributed by atoms with Crippen LogP contribution in [0, 0.1) is 6.92 Å². The molecule has 0 radical (unpaired) electrons. The first-order chi connectivity index (χ1) is 13.5. The third kappa shape index (κ3) is 4.78. The van der Waals surface area contributed by atoms with Crippen molar-refractivity contribution in [2.75, 3.05) is 7.11 Å². The summed E-state index contributed by atoms with van der Waals surface area (Å²) < 4.78 is 6.35. The molecule has 0 unspecified atom stereocenters. The number of aryl methyl sites for hydroxylation is 1. The van der Waals surface area contributed by atoms with Gasteiger partial charge in [-0.05, 0) is 45.6 Å². The van der Waals surface area contributed by atoms with E-state index in [9.17, 15) is 4.79 Å². The van der Waals surface area contributed by atoms with Crippen molar-refractivity contribution in [2.24, 2.45) is 0 Å². The summed E-state index contributed by atoms with van der Waals surface area (Å²) in [6.07, 6.45) is 1.72. The SMILES string of the molecule is COc1ncc(Br)cc1-c1ccc(C)cc1CN(Cc1ccccc1)C(C)=O. The number of pyridine rings is 1. The molecule has 3 rings (SSSR count). The van der Waals surface area contributed by atoms with Crippen LogP contribution in [0.4, 0.5) is 0 Å². The quantitative estimate of drug-likeness (QED) is 0.518. The smallest absolute Gasteiger partial charge is 0.221 e. The van der Waals surface area contributed by atoms with Gasteiger partial charge in [-0.25, -0.2) is 4.98 Å². The van der Waals surface area contributed by atoms with E-state index in [0.29, 0.717) is 19.0 Å². The number of hydrogen-bond donors (Lipinski definition) is 0. The summed E-state index contributed by atoms with van der Waals surface area (Å²) in [5.41, 5.74) is 5.22. The summed E-state index contributed by atoms with van der Waals surface area (Å²) in [4.78, 5) is 18.6. The highest BCUT2D eigenvalue weighted by molar-refractivity contribution is 9.10.